The predicted octanol–water partition coefficient (Wildman–Crippen LogP) is 5.81. The van der Waals surface area contributed by atoms with E-state index in [1.54, 1.807) is 0 Å². The van der Waals surface area contributed by atoms with Crippen molar-refractivity contribution in [2.75, 3.05) is 23.8 Å². The SMILES string of the molecule is [2H]C1([2H])N(C(=O)Nc2cc3nc(OC)ccc3c3c2C(c2cc(F)ccc2Cl)NC3=O)c2ccc(F)cc2C1(O)C(F)(F)F. The van der Waals surface area contributed by atoms with Gasteiger partial charge >= 0.3 is 12.2 Å². The summed E-state index contributed by atoms with van der Waals surface area (Å²) >= 11 is 6.33. The summed E-state index contributed by atoms with van der Waals surface area (Å²) in [5.41, 5.74) is -6.35. The molecule has 3 amide bonds. The smallest absolute Gasteiger partial charge is 0.423 e. The summed E-state index contributed by atoms with van der Waals surface area (Å²) in [5.74, 6) is -2.48. The average Bonchev–Trinajstić information content (AvgIpc) is 3.39. The Labute approximate surface area is 241 Å². The first-order valence-electron chi connectivity index (χ1n) is 13.1. The van der Waals surface area contributed by atoms with Crippen LogP contribution in [0.2, 0.25) is 5.02 Å². The number of nitrogens with zero attached hydrogens (tertiary/aromatic N) is 2. The van der Waals surface area contributed by atoms with Gasteiger partial charge in [-0.25, -0.2) is 18.6 Å². The van der Waals surface area contributed by atoms with Crippen molar-refractivity contribution in [2.45, 2.75) is 17.8 Å². The number of methoxy groups -OCH3 is 1. The van der Waals surface area contributed by atoms with Crippen molar-refractivity contribution in [3.05, 3.63) is 93.5 Å². The lowest BCUT2D eigenvalue weighted by Crippen LogP contribution is -2.48. The van der Waals surface area contributed by atoms with Crippen molar-refractivity contribution in [1.29, 1.82) is 0 Å². The number of carbonyl (C=O) groups excluding carboxylic acids is 2. The molecule has 0 saturated carbocycles. The van der Waals surface area contributed by atoms with Gasteiger partial charge in [0.25, 0.3) is 5.91 Å². The van der Waals surface area contributed by atoms with E-state index in [4.69, 9.17) is 19.1 Å². The monoisotopic (exact) mass is 606 g/mol. The van der Waals surface area contributed by atoms with Crippen LogP contribution in [0.5, 0.6) is 5.88 Å². The third-order valence-electron chi connectivity index (χ3n) is 7.00. The number of fused-ring (bicyclic) bond motifs is 4. The lowest BCUT2D eigenvalue weighted by atomic mass is 9.93. The van der Waals surface area contributed by atoms with Gasteiger partial charge in [-0.15, -0.1) is 0 Å². The Morgan fingerprint density at radius 2 is 1.90 bits per heavy atom. The number of alkyl halides is 3. The standard InChI is InChI=1S/C28H18ClF5N4O4/c1-42-21-7-4-14-18(35-21)10-19(23-22(14)25(39)37-24(23)15-8-12(30)2-5-17(15)29)36-26(40)38-11-27(41,28(32,33)34)16-9-13(31)3-6-20(16)38/h2-10,24,41H,11H2,1H3,(H,36,40)(H,37,39)/i11D2. The molecule has 0 spiro atoms. The number of carbonyl (C=O) groups is 2. The molecule has 0 fully saturated rings. The Morgan fingerprint density at radius 1 is 1.19 bits per heavy atom. The van der Waals surface area contributed by atoms with Crippen LogP contribution in [0.4, 0.5) is 38.1 Å². The highest BCUT2D eigenvalue weighted by Gasteiger charge is 2.61. The third kappa shape index (κ3) is 4.19. The molecule has 14 heteroatoms. The number of amides is 3. The molecule has 4 aromatic rings. The molecule has 0 saturated heterocycles. The largest absolute Gasteiger partial charge is 0.481 e. The van der Waals surface area contributed by atoms with E-state index in [1.165, 1.54) is 31.4 Å². The van der Waals surface area contributed by atoms with Crippen LogP contribution in [-0.4, -0.2) is 41.8 Å². The summed E-state index contributed by atoms with van der Waals surface area (Å²) in [6, 6.07) is 6.65. The molecular formula is C28H18ClF5N4O4. The number of anilines is 2. The minimum atomic E-state index is -5.69. The van der Waals surface area contributed by atoms with E-state index >= 15 is 0 Å². The quantitative estimate of drug-likeness (QED) is 0.256. The number of urea groups is 1. The van der Waals surface area contributed by atoms with Crippen LogP contribution in [0.3, 0.4) is 0 Å². The fraction of sp³-hybridized carbons (Fsp3) is 0.179. The third-order valence-corrected chi connectivity index (χ3v) is 7.34. The molecule has 0 radical (unpaired) electrons. The van der Waals surface area contributed by atoms with Gasteiger partial charge in [0.05, 0.1) is 44.8 Å². The predicted molar refractivity (Wildman–Crippen MR) is 142 cm³/mol. The van der Waals surface area contributed by atoms with Gasteiger partial charge in [-0.3, -0.25) is 9.69 Å². The van der Waals surface area contributed by atoms with E-state index in [9.17, 15) is 36.6 Å². The first-order chi connectivity index (χ1) is 20.6. The van der Waals surface area contributed by atoms with Crippen molar-refractivity contribution < 1.29 is 44.1 Å². The summed E-state index contributed by atoms with van der Waals surface area (Å²) in [6.07, 6.45) is -5.69. The number of hydrogen-bond acceptors (Lipinski definition) is 5. The molecule has 3 N–H and O–H groups in total. The van der Waals surface area contributed by atoms with Crippen LogP contribution in [0.1, 0.15) is 35.8 Å². The van der Waals surface area contributed by atoms with E-state index < -0.39 is 59.1 Å². The van der Waals surface area contributed by atoms with Gasteiger partial charge in [0.1, 0.15) is 11.6 Å². The van der Waals surface area contributed by atoms with Crippen molar-refractivity contribution in [3.63, 3.8) is 0 Å². The first kappa shape index (κ1) is 25.2. The number of hydrogen-bond donors (Lipinski definition) is 3. The highest BCUT2D eigenvalue weighted by molar-refractivity contribution is 6.31. The maximum Gasteiger partial charge on any atom is 0.423 e. The second-order valence-electron chi connectivity index (χ2n) is 9.45. The molecular weight excluding hydrogens is 587 g/mol. The Bertz CT molecular complexity index is 1910. The summed E-state index contributed by atoms with van der Waals surface area (Å²) < 4.78 is 92.7. The Balaban J connectivity index is 1.55. The Morgan fingerprint density at radius 3 is 2.62 bits per heavy atom. The van der Waals surface area contributed by atoms with Gasteiger partial charge in [-0.1, -0.05) is 11.6 Å². The van der Waals surface area contributed by atoms with E-state index in [1.807, 2.05) is 0 Å². The molecule has 0 aliphatic carbocycles. The van der Waals surface area contributed by atoms with Crippen molar-refractivity contribution in [3.8, 4) is 5.88 Å². The number of aliphatic hydroxyl groups is 1. The molecule has 3 aromatic carbocycles. The molecule has 42 heavy (non-hydrogen) atoms. The van der Waals surface area contributed by atoms with E-state index in [2.05, 4.69) is 15.6 Å². The highest BCUT2D eigenvalue weighted by Crippen LogP contribution is 2.49. The number of pyridine rings is 1. The maximum atomic E-state index is 14.3. The van der Waals surface area contributed by atoms with E-state index in [-0.39, 0.29) is 49.1 Å². The average molecular weight is 607 g/mol. The normalized spacial score (nSPS) is 21.4. The van der Waals surface area contributed by atoms with Crippen LogP contribution in [-0.2, 0) is 5.60 Å². The molecule has 216 valence electrons. The topological polar surface area (TPSA) is 104 Å². The van der Waals surface area contributed by atoms with Crippen molar-refractivity contribution in [2.24, 2.45) is 0 Å². The van der Waals surface area contributed by atoms with Crippen LogP contribution < -0.4 is 20.3 Å². The molecule has 2 unspecified atom stereocenters. The van der Waals surface area contributed by atoms with Crippen molar-refractivity contribution >= 4 is 45.8 Å². The minimum absolute atomic E-state index is 0.0131. The summed E-state index contributed by atoms with van der Waals surface area (Å²) in [5, 5.41) is 16.0. The second kappa shape index (κ2) is 9.53. The number of β-amino-alcohol motifs (C(OH)–C–C–N with tert-alkyl or cyclic N) is 1. The van der Waals surface area contributed by atoms with Gasteiger partial charge in [-0.05, 0) is 48.5 Å². The zero-order valence-electron chi connectivity index (χ0n) is 23.1. The molecule has 6 rings (SSSR count). The summed E-state index contributed by atoms with van der Waals surface area (Å²) in [4.78, 5) is 31.4. The van der Waals surface area contributed by atoms with Gasteiger partial charge in [0.2, 0.25) is 11.5 Å². The molecule has 2 aliphatic rings. The van der Waals surface area contributed by atoms with Gasteiger partial charge in [0, 0.05) is 33.2 Å². The fourth-order valence-electron chi connectivity index (χ4n) is 5.10. The fourth-order valence-corrected chi connectivity index (χ4v) is 5.33. The van der Waals surface area contributed by atoms with Crippen LogP contribution in [0, 0.1) is 11.6 Å². The van der Waals surface area contributed by atoms with Gasteiger partial charge in [0.15, 0.2) is 0 Å². The van der Waals surface area contributed by atoms with Crippen LogP contribution in [0.15, 0.2) is 54.6 Å². The lowest BCUT2D eigenvalue weighted by Gasteiger charge is -2.27. The number of halogens is 6. The first-order valence-corrected chi connectivity index (χ1v) is 12.5. The maximum absolute atomic E-state index is 14.3. The molecule has 8 nitrogen and oxygen atoms in total. The zero-order chi connectivity index (χ0) is 31.9. The Kier molecular flexibility index (Phi) is 5.73. The van der Waals surface area contributed by atoms with E-state index in [0.29, 0.717) is 12.1 Å². The van der Waals surface area contributed by atoms with E-state index in [0.717, 1.165) is 18.2 Å². The van der Waals surface area contributed by atoms with Gasteiger partial charge in [-0.2, -0.15) is 13.2 Å². The lowest BCUT2D eigenvalue weighted by molar-refractivity contribution is -0.258. The highest BCUT2D eigenvalue weighted by atomic mass is 35.5. The van der Waals surface area contributed by atoms with Crippen LogP contribution >= 0.6 is 11.6 Å². The minimum Gasteiger partial charge on any atom is -0.481 e. The molecule has 2 atom stereocenters. The Hall–Kier alpha value is -4.49. The molecule has 3 heterocycles. The number of rotatable bonds is 3. The molecule has 2 aliphatic heterocycles. The second-order valence-corrected chi connectivity index (χ2v) is 9.86. The zero-order valence-corrected chi connectivity index (χ0v) is 21.9. The molecule has 0 bridgehead atoms. The number of nitrogens with one attached hydrogen (secondary N) is 2. The van der Waals surface area contributed by atoms with Gasteiger partial charge < -0.3 is 20.5 Å². The number of benzene rings is 3. The number of aromatic nitrogens is 1. The summed E-state index contributed by atoms with van der Waals surface area (Å²) in [6.45, 7) is -3.88. The van der Waals surface area contributed by atoms with Crippen molar-refractivity contribution in [1.82, 2.24) is 10.3 Å². The van der Waals surface area contributed by atoms with Crippen LogP contribution in [0.25, 0.3) is 10.9 Å². The molecule has 1 aromatic heterocycles. The summed E-state index contributed by atoms with van der Waals surface area (Å²) in [7, 11) is 1.33. The number of ether oxygens (including phenoxy) is 1.